The summed E-state index contributed by atoms with van der Waals surface area (Å²) in [6, 6.07) is 8.10. The van der Waals surface area contributed by atoms with Crippen LogP contribution in [0.2, 0.25) is 0 Å². The van der Waals surface area contributed by atoms with Crippen molar-refractivity contribution >= 4 is 17.6 Å². The number of anilines is 1. The maximum atomic E-state index is 13.5. The van der Waals surface area contributed by atoms with E-state index in [-0.39, 0.29) is 16.9 Å². The fourth-order valence-corrected chi connectivity index (χ4v) is 1.63. The summed E-state index contributed by atoms with van der Waals surface area (Å²) in [6.07, 6.45) is 1.21. The standard InChI is InChI=1S/C14H8FN3O3/c15-9-2-1-3-10(12(9)14(20)21)18-13(19)11-5-4-8(6-16)7-17-11/h1-5,7H,(H,18,19)(H,20,21). The largest absolute Gasteiger partial charge is 0.478 e. The third-order valence-electron chi connectivity index (χ3n) is 2.60. The Morgan fingerprint density at radius 1 is 1.29 bits per heavy atom. The van der Waals surface area contributed by atoms with Crippen LogP contribution in [0.5, 0.6) is 0 Å². The molecule has 6 nitrogen and oxygen atoms in total. The van der Waals surface area contributed by atoms with Crippen LogP contribution in [0.3, 0.4) is 0 Å². The van der Waals surface area contributed by atoms with Crippen molar-refractivity contribution < 1.29 is 19.1 Å². The van der Waals surface area contributed by atoms with E-state index in [0.29, 0.717) is 0 Å². The molecule has 0 aliphatic carbocycles. The molecule has 1 amide bonds. The molecule has 0 aliphatic heterocycles. The molecule has 2 rings (SSSR count). The minimum atomic E-state index is -1.49. The first-order valence-corrected chi connectivity index (χ1v) is 5.72. The Balaban J connectivity index is 2.29. The monoisotopic (exact) mass is 285 g/mol. The van der Waals surface area contributed by atoms with Gasteiger partial charge in [-0.2, -0.15) is 5.26 Å². The normalized spacial score (nSPS) is 9.71. The number of amides is 1. The third-order valence-corrected chi connectivity index (χ3v) is 2.60. The molecule has 1 aromatic heterocycles. The summed E-state index contributed by atoms with van der Waals surface area (Å²) < 4.78 is 13.5. The summed E-state index contributed by atoms with van der Waals surface area (Å²) in [5.74, 6) is -3.14. The van der Waals surface area contributed by atoms with Gasteiger partial charge in [-0.25, -0.2) is 14.2 Å². The van der Waals surface area contributed by atoms with E-state index in [9.17, 15) is 14.0 Å². The lowest BCUT2D eigenvalue weighted by atomic mass is 10.1. The number of aromatic carboxylic acids is 1. The van der Waals surface area contributed by atoms with Gasteiger partial charge in [-0.05, 0) is 24.3 Å². The number of halogens is 1. The molecule has 1 heterocycles. The number of rotatable bonds is 3. The molecule has 0 spiro atoms. The third kappa shape index (κ3) is 3.01. The number of hydrogen-bond acceptors (Lipinski definition) is 4. The number of carboxylic acid groups (broad SMARTS) is 1. The van der Waals surface area contributed by atoms with Crippen LogP contribution in [0.15, 0.2) is 36.5 Å². The van der Waals surface area contributed by atoms with Gasteiger partial charge in [0.05, 0.1) is 11.3 Å². The van der Waals surface area contributed by atoms with Crippen LogP contribution in [-0.4, -0.2) is 22.0 Å². The summed E-state index contributed by atoms with van der Waals surface area (Å²) in [5.41, 5.74) is -0.531. The topological polar surface area (TPSA) is 103 Å². The van der Waals surface area contributed by atoms with Gasteiger partial charge in [0.1, 0.15) is 23.1 Å². The predicted molar refractivity (Wildman–Crippen MR) is 70.3 cm³/mol. The van der Waals surface area contributed by atoms with Gasteiger partial charge >= 0.3 is 5.97 Å². The van der Waals surface area contributed by atoms with Crippen LogP contribution in [-0.2, 0) is 0 Å². The fourth-order valence-electron chi connectivity index (χ4n) is 1.63. The molecule has 0 atom stereocenters. The van der Waals surface area contributed by atoms with E-state index in [2.05, 4.69) is 10.3 Å². The van der Waals surface area contributed by atoms with Crippen LogP contribution >= 0.6 is 0 Å². The Morgan fingerprint density at radius 2 is 2.05 bits per heavy atom. The highest BCUT2D eigenvalue weighted by Crippen LogP contribution is 2.19. The second kappa shape index (κ2) is 5.79. The van der Waals surface area contributed by atoms with Crippen molar-refractivity contribution in [2.45, 2.75) is 0 Å². The van der Waals surface area contributed by atoms with Gasteiger partial charge in [0.25, 0.3) is 5.91 Å². The number of aromatic nitrogens is 1. The van der Waals surface area contributed by atoms with Crippen molar-refractivity contribution in [3.8, 4) is 6.07 Å². The highest BCUT2D eigenvalue weighted by Gasteiger charge is 2.18. The second-order valence-electron chi connectivity index (χ2n) is 3.97. The van der Waals surface area contributed by atoms with Gasteiger partial charge in [0.2, 0.25) is 0 Å². The van der Waals surface area contributed by atoms with Gasteiger partial charge in [-0.15, -0.1) is 0 Å². The van der Waals surface area contributed by atoms with Crippen LogP contribution in [0, 0.1) is 17.1 Å². The number of benzene rings is 1. The zero-order valence-corrected chi connectivity index (χ0v) is 10.5. The number of carbonyl (C=O) groups is 2. The second-order valence-corrected chi connectivity index (χ2v) is 3.97. The van der Waals surface area contributed by atoms with Gasteiger partial charge in [0.15, 0.2) is 0 Å². The SMILES string of the molecule is N#Cc1ccc(C(=O)Nc2cccc(F)c2C(=O)O)nc1. The minimum Gasteiger partial charge on any atom is -0.478 e. The van der Waals surface area contributed by atoms with Crippen LogP contribution in [0.4, 0.5) is 10.1 Å². The summed E-state index contributed by atoms with van der Waals surface area (Å²) in [7, 11) is 0. The average Bonchev–Trinajstić information content (AvgIpc) is 2.47. The smallest absolute Gasteiger partial charge is 0.340 e. The van der Waals surface area contributed by atoms with Gasteiger partial charge in [-0.3, -0.25) is 4.79 Å². The van der Waals surface area contributed by atoms with E-state index < -0.39 is 23.3 Å². The number of hydrogen-bond donors (Lipinski definition) is 2. The van der Waals surface area contributed by atoms with E-state index in [1.165, 1.54) is 30.5 Å². The highest BCUT2D eigenvalue weighted by atomic mass is 19.1. The Morgan fingerprint density at radius 3 is 2.62 bits per heavy atom. The first-order chi connectivity index (χ1) is 10.0. The highest BCUT2D eigenvalue weighted by molar-refractivity contribution is 6.06. The van der Waals surface area contributed by atoms with Crippen molar-refractivity contribution in [1.82, 2.24) is 4.98 Å². The van der Waals surface area contributed by atoms with Crippen molar-refractivity contribution in [2.75, 3.05) is 5.32 Å². The average molecular weight is 285 g/mol. The van der Waals surface area contributed by atoms with Gasteiger partial charge < -0.3 is 10.4 Å². The fraction of sp³-hybridized carbons (Fsp3) is 0. The van der Waals surface area contributed by atoms with E-state index in [1.807, 2.05) is 6.07 Å². The maximum absolute atomic E-state index is 13.5. The van der Waals surface area contributed by atoms with Crippen LogP contribution in [0.25, 0.3) is 0 Å². The number of nitrogens with zero attached hydrogens (tertiary/aromatic N) is 2. The molecule has 0 fully saturated rings. The lowest BCUT2D eigenvalue weighted by Gasteiger charge is -2.08. The van der Waals surface area contributed by atoms with Gasteiger partial charge in [0, 0.05) is 6.20 Å². The Hall–Kier alpha value is -3.27. The molecule has 2 aromatic rings. The molecule has 0 unspecified atom stereocenters. The number of pyridine rings is 1. The summed E-state index contributed by atoms with van der Waals surface area (Å²) in [5, 5.41) is 19.9. The zero-order valence-electron chi connectivity index (χ0n) is 10.5. The summed E-state index contributed by atoms with van der Waals surface area (Å²) in [6.45, 7) is 0. The number of nitriles is 1. The van der Waals surface area contributed by atoms with E-state index in [4.69, 9.17) is 10.4 Å². The van der Waals surface area contributed by atoms with Crippen molar-refractivity contribution in [3.63, 3.8) is 0 Å². The Kier molecular flexibility index (Phi) is 3.90. The van der Waals surface area contributed by atoms with Crippen molar-refractivity contribution in [1.29, 1.82) is 5.26 Å². The zero-order chi connectivity index (χ0) is 15.4. The molecule has 1 aromatic carbocycles. The van der Waals surface area contributed by atoms with Gasteiger partial charge in [-0.1, -0.05) is 6.07 Å². The van der Waals surface area contributed by atoms with Crippen molar-refractivity contribution in [3.05, 3.63) is 59.2 Å². The summed E-state index contributed by atoms with van der Waals surface area (Å²) >= 11 is 0. The molecular formula is C14H8FN3O3. The lowest BCUT2D eigenvalue weighted by molar-refractivity contribution is 0.0693. The first-order valence-electron chi connectivity index (χ1n) is 5.72. The number of carbonyl (C=O) groups excluding carboxylic acids is 1. The van der Waals surface area contributed by atoms with E-state index in [0.717, 1.165) is 6.07 Å². The molecular weight excluding hydrogens is 277 g/mol. The van der Waals surface area contributed by atoms with Crippen LogP contribution in [0.1, 0.15) is 26.4 Å². The molecule has 0 saturated heterocycles. The van der Waals surface area contributed by atoms with Crippen LogP contribution < -0.4 is 5.32 Å². The minimum absolute atomic E-state index is 0.0189. The molecule has 21 heavy (non-hydrogen) atoms. The van der Waals surface area contributed by atoms with E-state index >= 15 is 0 Å². The van der Waals surface area contributed by atoms with E-state index in [1.54, 1.807) is 0 Å². The lowest BCUT2D eigenvalue weighted by Crippen LogP contribution is -2.17. The maximum Gasteiger partial charge on any atom is 0.340 e. The molecule has 0 saturated carbocycles. The predicted octanol–water partition coefficient (Wildman–Crippen LogP) is 2.04. The van der Waals surface area contributed by atoms with Crippen molar-refractivity contribution in [2.24, 2.45) is 0 Å². The molecule has 0 aliphatic rings. The summed E-state index contributed by atoms with van der Waals surface area (Å²) in [4.78, 5) is 26.7. The molecule has 2 N–H and O–H groups in total. The Labute approximate surface area is 118 Å². The number of carboxylic acids is 1. The quantitative estimate of drug-likeness (QED) is 0.898. The molecule has 0 bridgehead atoms. The molecule has 104 valence electrons. The molecule has 0 radical (unpaired) electrons. The number of nitrogens with one attached hydrogen (secondary N) is 1. The Bertz CT molecular complexity index is 751. The molecule has 7 heteroatoms. The first kappa shape index (κ1) is 14.1.